The zero-order valence-electron chi connectivity index (χ0n) is 18.8. The second kappa shape index (κ2) is 9.33. The van der Waals surface area contributed by atoms with E-state index in [1.807, 2.05) is 6.92 Å². The Balaban J connectivity index is 0.00000324. The number of carbonyl (C=O) groups excluding carboxylic acids is 2. The van der Waals surface area contributed by atoms with Crippen molar-refractivity contribution in [3.05, 3.63) is 58.6 Å². The summed E-state index contributed by atoms with van der Waals surface area (Å²) in [6.07, 6.45) is 4.30. The molecule has 0 saturated carbocycles. The van der Waals surface area contributed by atoms with Crippen LogP contribution in [0.15, 0.2) is 34.9 Å². The van der Waals surface area contributed by atoms with Crippen LogP contribution in [-0.2, 0) is 4.74 Å². The monoisotopic (exact) mass is 452 g/mol. The number of benzene rings is 1. The molecule has 3 N–H and O–H groups in total. The second-order valence-corrected chi connectivity index (χ2v) is 7.68. The van der Waals surface area contributed by atoms with E-state index in [-0.39, 0.29) is 13.2 Å². The minimum atomic E-state index is -0.219. The van der Waals surface area contributed by atoms with Crippen LogP contribution in [0.2, 0.25) is 0 Å². The highest BCUT2D eigenvalue weighted by Gasteiger charge is 2.24. The van der Waals surface area contributed by atoms with Gasteiger partial charge in [0.05, 0.1) is 30.0 Å². The molecule has 33 heavy (non-hydrogen) atoms. The van der Waals surface area contributed by atoms with Crippen molar-refractivity contribution in [2.24, 2.45) is 0 Å². The molecule has 1 saturated heterocycles. The summed E-state index contributed by atoms with van der Waals surface area (Å²) in [5.74, 6) is 1.09. The van der Waals surface area contributed by atoms with Crippen molar-refractivity contribution >= 4 is 34.8 Å². The zero-order valence-corrected chi connectivity index (χ0v) is 18.8. The fourth-order valence-electron chi connectivity index (χ4n) is 3.95. The zero-order chi connectivity index (χ0) is 23.5. The third-order valence-electron chi connectivity index (χ3n) is 5.67. The number of fused-ring (bicyclic) bond motifs is 1. The van der Waals surface area contributed by atoms with E-state index in [2.05, 4.69) is 10.3 Å². The molecule has 2 aromatic heterocycles. The molecule has 3 heterocycles. The Morgan fingerprint density at radius 1 is 1.27 bits per heavy atom. The number of aromatic nitrogens is 1. The van der Waals surface area contributed by atoms with Crippen LogP contribution in [0.3, 0.4) is 0 Å². The number of H-pyrrole nitrogens is 1. The summed E-state index contributed by atoms with van der Waals surface area (Å²) in [5, 5.41) is 10.9. The molecule has 0 unspecified atom stereocenters. The number of carbonyl (C=O) groups is 2. The molecule has 1 aliphatic heterocycles. The maximum Gasteiger partial charge on any atom is 0.255 e. The third-order valence-corrected chi connectivity index (χ3v) is 5.67. The number of furan rings is 1. The molecule has 1 fully saturated rings. The molecule has 9 heteroatoms. The van der Waals surface area contributed by atoms with E-state index >= 15 is 0 Å². The second-order valence-electron chi connectivity index (χ2n) is 7.68. The molecule has 0 spiro atoms. The van der Waals surface area contributed by atoms with E-state index in [1.165, 1.54) is 6.08 Å². The lowest BCUT2D eigenvalue weighted by atomic mass is 10.1. The fraction of sp³-hybridized carbons (Fsp3) is 0.292. The molecule has 0 aliphatic carbocycles. The lowest BCUT2D eigenvalue weighted by Crippen LogP contribution is -2.40. The lowest BCUT2D eigenvalue weighted by Gasteiger charge is -2.26. The maximum atomic E-state index is 12.9. The first-order valence-electron chi connectivity index (χ1n) is 10.6. The summed E-state index contributed by atoms with van der Waals surface area (Å²) in [4.78, 5) is 30.0. The van der Waals surface area contributed by atoms with Crippen LogP contribution >= 0.6 is 0 Å². The molecule has 0 bridgehead atoms. The van der Waals surface area contributed by atoms with Gasteiger partial charge in [0.1, 0.15) is 17.1 Å². The summed E-state index contributed by atoms with van der Waals surface area (Å²) in [5.41, 5.74) is 2.90. The maximum absolute atomic E-state index is 12.9. The fourth-order valence-corrected chi connectivity index (χ4v) is 3.95. The van der Waals surface area contributed by atoms with Gasteiger partial charge in [0.25, 0.3) is 11.8 Å². The highest BCUT2D eigenvalue weighted by Crippen LogP contribution is 2.31. The number of ether oxygens (including phenoxy) is 2. The minimum absolute atomic E-state index is 0. The van der Waals surface area contributed by atoms with E-state index in [1.54, 1.807) is 43.3 Å². The molecule has 1 aliphatic rings. The van der Waals surface area contributed by atoms with Gasteiger partial charge in [-0.15, -0.1) is 0 Å². The standard InChI is InChI=1S/C24H26N4O5.H2/c1-14-18(24(30)28-8-10-31-11-9-28)13-27-22(14)19(6-7-25)33-16-4-5-17-20(12-16)32-15(2)21(17)23(29)26-3;/h4-7,12-13,25,27H,8-11H2,1-3H3,(H,26,29);1H/b19-6+,25-7?;. The average molecular weight is 453 g/mol. The van der Waals surface area contributed by atoms with Gasteiger partial charge >= 0.3 is 0 Å². The molecule has 3 aromatic rings. The molecular formula is C24H28N4O5. The van der Waals surface area contributed by atoms with Gasteiger partial charge in [0.2, 0.25) is 0 Å². The van der Waals surface area contributed by atoms with E-state index in [0.717, 1.165) is 11.8 Å². The topological polar surface area (TPSA) is 121 Å². The van der Waals surface area contributed by atoms with Gasteiger partial charge < -0.3 is 34.5 Å². The Kier molecular flexibility index (Phi) is 6.32. The average Bonchev–Trinajstić information content (AvgIpc) is 3.36. The highest BCUT2D eigenvalue weighted by molar-refractivity contribution is 6.07. The summed E-state index contributed by atoms with van der Waals surface area (Å²) < 4.78 is 17.2. The summed E-state index contributed by atoms with van der Waals surface area (Å²) >= 11 is 0. The van der Waals surface area contributed by atoms with Gasteiger partial charge in [-0.2, -0.15) is 0 Å². The number of amides is 2. The molecule has 1 aromatic carbocycles. The Hall–Kier alpha value is -3.85. The molecule has 174 valence electrons. The molecule has 0 radical (unpaired) electrons. The van der Waals surface area contributed by atoms with Gasteiger partial charge in [0, 0.05) is 51.5 Å². The van der Waals surface area contributed by atoms with Crippen LogP contribution in [-0.4, -0.2) is 61.3 Å². The largest absolute Gasteiger partial charge is 0.460 e. The molecule has 4 rings (SSSR count). The first-order chi connectivity index (χ1) is 15.9. The van der Waals surface area contributed by atoms with Crippen LogP contribution < -0.4 is 10.1 Å². The molecular weight excluding hydrogens is 424 g/mol. The van der Waals surface area contributed by atoms with Gasteiger partial charge in [-0.1, -0.05) is 0 Å². The number of hydrogen-bond acceptors (Lipinski definition) is 6. The first kappa shape index (κ1) is 22.3. The van der Waals surface area contributed by atoms with Crippen LogP contribution in [0.4, 0.5) is 0 Å². The van der Waals surface area contributed by atoms with E-state index in [4.69, 9.17) is 19.3 Å². The number of nitrogens with one attached hydrogen (secondary N) is 3. The SMILES string of the molecule is CNC(=O)c1c(C)oc2cc(O/C(=C/C=N)c3[nH]cc(C(=O)N4CCOCC4)c3C)ccc12.[HH]. The van der Waals surface area contributed by atoms with Crippen molar-refractivity contribution in [1.29, 1.82) is 5.41 Å². The Bertz CT molecular complexity index is 1250. The quantitative estimate of drug-likeness (QED) is 0.390. The summed E-state index contributed by atoms with van der Waals surface area (Å²) in [6, 6.07) is 5.20. The Morgan fingerprint density at radius 3 is 2.73 bits per heavy atom. The third kappa shape index (κ3) is 4.27. The number of aryl methyl sites for hydroxylation is 1. The van der Waals surface area contributed by atoms with Gasteiger partial charge in [0.15, 0.2) is 5.76 Å². The van der Waals surface area contributed by atoms with Crippen molar-refractivity contribution in [1.82, 2.24) is 15.2 Å². The van der Waals surface area contributed by atoms with Gasteiger partial charge in [-0.05, 0) is 31.5 Å². The lowest BCUT2D eigenvalue weighted by molar-refractivity contribution is 0.0302. The highest BCUT2D eigenvalue weighted by atomic mass is 16.5. The van der Waals surface area contributed by atoms with Crippen LogP contribution in [0.1, 0.15) is 39.2 Å². The number of allylic oxidation sites excluding steroid dienone is 1. The number of morpholine rings is 1. The van der Waals surface area contributed by atoms with E-state index in [9.17, 15) is 9.59 Å². The Morgan fingerprint density at radius 2 is 2.03 bits per heavy atom. The summed E-state index contributed by atoms with van der Waals surface area (Å²) in [7, 11) is 1.57. The number of hydrogen-bond donors (Lipinski definition) is 3. The first-order valence-corrected chi connectivity index (χ1v) is 10.6. The van der Waals surface area contributed by atoms with Crippen molar-refractivity contribution in [3.8, 4) is 5.75 Å². The van der Waals surface area contributed by atoms with Crippen molar-refractivity contribution < 1.29 is 24.9 Å². The Labute approximate surface area is 192 Å². The van der Waals surface area contributed by atoms with Gasteiger partial charge in [-0.3, -0.25) is 9.59 Å². The number of nitrogens with zero attached hydrogens (tertiary/aromatic N) is 1. The van der Waals surface area contributed by atoms with Gasteiger partial charge in [-0.25, -0.2) is 0 Å². The molecule has 9 nitrogen and oxygen atoms in total. The molecule has 0 atom stereocenters. The van der Waals surface area contributed by atoms with Crippen molar-refractivity contribution in [2.45, 2.75) is 13.8 Å². The van der Waals surface area contributed by atoms with Crippen LogP contribution in [0.5, 0.6) is 5.75 Å². The predicted molar refractivity (Wildman–Crippen MR) is 126 cm³/mol. The number of aromatic amines is 1. The summed E-state index contributed by atoms with van der Waals surface area (Å²) in [6.45, 7) is 5.75. The number of rotatable bonds is 6. The van der Waals surface area contributed by atoms with E-state index < -0.39 is 0 Å². The van der Waals surface area contributed by atoms with Crippen molar-refractivity contribution in [2.75, 3.05) is 33.4 Å². The van der Waals surface area contributed by atoms with E-state index in [0.29, 0.717) is 71.4 Å². The molecule has 2 amide bonds. The van der Waals surface area contributed by atoms with Crippen LogP contribution in [0.25, 0.3) is 16.7 Å². The van der Waals surface area contributed by atoms with Crippen LogP contribution in [0, 0.1) is 19.3 Å². The normalized spacial score (nSPS) is 14.4. The smallest absolute Gasteiger partial charge is 0.255 e. The minimum Gasteiger partial charge on any atom is -0.460 e. The predicted octanol–water partition coefficient (Wildman–Crippen LogP) is 3.53. The van der Waals surface area contributed by atoms with Crippen molar-refractivity contribution in [3.63, 3.8) is 0 Å².